The quantitative estimate of drug-likeness (QED) is 0.495. The Kier molecular flexibility index (Phi) is 7.10. The Labute approximate surface area is 233 Å². The number of aliphatic hydroxyl groups excluding tert-OH is 2. The van der Waals surface area contributed by atoms with Crippen LogP contribution in [0.4, 0.5) is 0 Å². The molecule has 6 rings (SSSR count). The number of aliphatic hydroxyl groups is 2. The van der Waals surface area contributed by atoms with Gasteiger partial charge in [-0.2, -0.15) is 5.10 Å². The van der Waals surface area contributed by atoms with Crippen LogP contribution in [0.3, 0.4) is 0 Å². The fraction of sp³-hybridized carbons (Fsp3) is 0.933. The summed E-state index contributed by atoms with van der Waals surface area (Å²) in [5.74, 6) is 0.577. The second kappa shape index (κ2) is 9.93. The third-order valence-corrected chi connectivity index (χ3v) is 12.0. The molecule has 220 valence electrons. The van der Waals surface area contributed by atoms with Crippen molar-refractivity contribution in [2.75, 3.05) is 39.5 Å². The lowest BCUT2D eigenvalue weighted by molar-refractivity contribution is -0.326. The molecule has 39 heavy (non-hydrogen) atoms. The number of rotatable bonds is 4. The summed E-state index contributed by atoms with van der Waals surface area (Å²) in [5, 5.41) is 31.6. The summed E-state index contributed by atoms with van der Waals surface area (Å²) in [4.78, 5) is 12.9. The highest BCUT2D eigenvalue weighted by Crippen LogP contribution is 2.68. The van der Waals surface area contributed by atoms with Crippen LogP contribution in [0, 0.1) is 40.4 Å². The molecule has 0 radical (unpaired) electrons. The molecule has 1 spiro atoms. The van der Waals surface area contributed by atoms with Gasteiger partial charge in [0.05, 0.1) is 63.0 Å². The highest BCUT2D eigenvalue weighted by molar-refractivity contribution is 5.95. The summed E-state index contributed by atoms with van der Waals surface area (Å²) in [5.41, 5.74) is 0.107. The molecule has 6 fully saturated rings. The number of nitrogens with zero attached hydrogens (tertiary/aromatic N) is 2. The minimum atomic E-state index is -0.537. The van der Waals surface area contributed by atoms with Crippen LogP contribution in [0.2, 0.25) is 0 Å². The number of ether oxygens (including phenoxy) is 3. The Morgan fingerprint density at radius 1 is 1.15 bits per heavy atom. The van der Waals surface area contributed by atoms with Crippen molar-refractivity contribution >= 4 is 11.6 Å². The number of carbonyl (C=O) groups is 1. The topological polar surface area (TPSA) is 113 Å². The maximum Gasteiger partial charge on any atom is 0.223 e. The molecule has 3 aliphatic heterocycles. The molecule has 11 unspecified atom stereocenters. The van der Waals surface area contributed by atoms with Crippen LogP contribution >= 0.6 is 0 Å². The number of fused-ring (bicyclic) bond motifs is 3. The summed E-state index contributed by atoms with van der Waals surface area (Å²) in [6.45, 7) is 14.5. The molecule has 0 aromatic rings. The Balaban J connectivity index is 1.44. The van der Waals surface area contributed by atoms with Crippen LogP contribution in [0.25, 0.3) is 0 Å². The molecule has 0 aromatic carbocycles. The maximum absolute atomic E-state index is 12.9. The second-order valence-electron chi connectivity index (χ2n) is 14.1. The van der Waals surface area contributed by atoms with Crippen molar-refractivity contribution in [1.29, 1.82) is 0 Å². The molecule has 3 N–H and O–H groups in total. The van der Waals surface area contributed by atoms with Crippen molar-refractivity contribution in [1.82, 2.24) is 10.3 Å². The Morgan fingerprint density at radius 2 is 1.90 bits per heavy atom. The fourth-order valence-corrected chi connectivity index (χ4v) is 9.86. The number of amides is 1. The third kappa shape index (κ3) is 4.12. The summed E-state index contributed by atoms with van der Waals surface area (Å²) < 4.78 is 19.6. The van der Waals surface area contributed by atoms with Gasteiger partial charge in [-0.05, 0) is 44.4 Å². The molecule has 0 aromatic heterocycles. The van der Waals surface area contributed by atoms with Gasteiger partial charge in [-0.25, -0.2) is 0 Å². The molecule has 11 atom stereocenters. The Bertz CT molecular complexity index is 984. The largest absolute Gasteiger partial charge is 0.394 e. The van der Waals surface area contributed by atoms with Crippen LogP contribution < -0.4 is 5.32 Å². The van der Waals surface area contributed by atoms with Gasteiger partial charge in [-0.3, -0.25) is 9.80 Å². The van der Waals surface area contributed by atoms with Crippen LogP contribution in [0.5, 0.6) is 0 Å². The van der Waals surface area contributed by atoms with Crippen LogP contribution in [-0.4, -0.2) is 96.3 Å². The number of hydrogen-bond donors (Lipinski definition) is 3. The standard InChI is InChI=1S/C30H49N3O6/c1-17-6-7-23-28(3,4)26(32-33-8-11-37-12-9-33)22(38-13-10-34)16-30(23)29(17,5)15-20-21(35)14-19-24(25(20)39-30)18(2)31-27(19)36/h17-25,34-35H,6-16H2,1-5H3,(H,31,36). The minimum Gasteiger partial charge on any atom is -0.394 e. The van der Waals surface area contributed by atoms with Crippen molar-refractivity contribution in [3.8, 4) is 0 Å². The maximum atomic E-state index is 12.9. The Morgan fingerprint density at radius 3 is 2.62 bits per heavy atom. The van der Waals surface area contributed by atoms with E-state index in [0.717, 1.165) is 38.1 Å². The van der Waals surface area contributed by atoms with Crippen LogP contribution in [0.15, 0.2) is 5.10 Å². The number of hydrogen-bond acceptors (Lipinski definition) is 8. The van der Waals surface area contributed by atoms with Crippen molar-refractivity contribution in [2.45, 2.75) is 96.7 Å². The van der Waals surface area contributed by atoms with Gasteiger partial charge < -0.3 is 29.7 Å². The van der Waals surface area contributed by atoms with Gasteiger partial charge in [-0.1, -0.05) is 27.7 Å². The van der Waals surface area contributed by atoms with E-state index in [2.05, 4.69) is 44.9 Å². The second-order valence-corrected chi connectivity index (χ2v) is 14.1. The normalized spacial score (nSPS) is 50.0. The number of hydrazone groups is 1. The zero-order chi connectivity index (χ0) is 27.7. The smallest absolute Gasteiger partial charge is 0.223 e. The fourth-order valence-electron chi connectivity index (χ4n) is 9.86. The van der Waals surface area contributed by atoms with E-state index in [1.165, 1.54) is 0 Å². The van der Waals surface area contributed by atoms with Gasteiger partial charge in [0.2, 0.25) is 5.91 Å². The van der Waals surface area contributed by atoms with Gasteiger partial charge in [0.1, 0.15) is 6.10 Å². The Hall–Kier alpha value is -1.26. The van der Waals surface area contributed by atoms with E-state index >= 15 is 0 Å². The number of nitrogens with one attached hydrogen (secondary N) is 1. The first-order valence-electron chi connectivity index (χ1n) is 15.3. The lowest BCUT2D eigenvalue weighted by atomic mass is 9.42. The highest BCUT2D eigenvalue weighted by Gasteiger charge is 2.72. The van der Waals surface area contributed by atoms with Gasteiger partial charge in [0.25, 0.3) is 0 Å². The first-order chi connectivity index (χ1) is 18.5. The number of morpholine rings is 1. The summed E-state index contributed by atoms with van der Waals surface area (Å²) in [6.07, 6.45) is 3.24. The van der Waals surface area contributed by atoms with Crippen molar-refractivity contribution in [3.05, 3.63) is 0 Å². The summed E-state index contributed by atoms with van der Waals surface area (Å²) >= 11 is 0. The third-order valence-electron chi connectivity index (χ3n) is 12.0. The van der Waals surface area contributed by atoms with Gasteiger partial charge in [-0.15, -0.1) is 0 Å². The van der Waals surface area contributed by atoms with Crippen molar-refractivity contribution in [2.24, 2.45) is 45.5 Å². The lowest BCUT2D eigenvalue weighted by Crippen LogP contribution is -2.74. The number of carbonyl (C=O) groups excluding carboxylic acids is 1. The predicted octanol–water partition coefficient (Wildman–Crippen LogP) is 2.19. The molecule has 6 aliphatic rings. The average Bonchev–Trinajstić information content (AvgIpc) is 3.18. The van der Waals surface area contributed by atoms with Gasteiger partial charge in [0, 0.05) is 41.0 Å². The monoisotopic (exact) mass is 547 g/mol. The summed E-state index contributed by atoms with van der Waals surface area (Å²) in [6, 6.07) is 0.0270. The van der Waals surface area contributed by atoms with Gasteiger partial charge in [0.15, 0.2) is 0 Å². The van der Waals surface area contributed by atoms with E-state index in [-0.39, 0.29) is 71.9 Å². The summed E-state index contributed by atoms with van der Waals surface area (Å²) in [7, 11) is 0. The minimum absolute atomic E-state index is 0.0153. The average molecular weight is 548 g/mol. The molecule has 9 nitrogen and oxygen atoms in total. The predicted molar refractivity (Wildman–Crippen MR) is 146 cm³/mol. The molecule has 3 aliphatic carbocycles. The SMILES string of the molecule is CC1NC(=O)C2CC(O)C3CC4(C)C(C)CCC5C(C)(C)C(=NN6CCOCC6)C(OCCO)CC54OC3C12. The van der Waals surface area contributed by atoms with E-state index in [0.29, 0.717) is 32.0 Å². The van der Waals surface area contributed by atoms with E-state index in [1.807, 2.05) is 0 Å². The molecule has 3 saturated heterocycles. The van der Waals surface area contributed by atoms with E-state index < -0.39 is 11.7 Å². The molecule has 0 bridgehead atoms. The molecular formula is C30H49N3O6. The molecule has 3 saturated carbocycles. The van der Waals surface area contributed by atoms with E-state index in [1.54, 1.807) is 0 Å². The van der Waals surface area contributed by atoms with Gasteiger partial charge >= 0.3 is 0 Å². The molecule has 9 heteroatoms. The molecule has 3 heterocycles. The van der Waals surface area contributed by atoms with Crippen molar-refractivity contribution in [3.63, 3.8) is 0 Å². The zero-order valence-corrected chi connectivity index (χ0v) is 24.4. The van der Waals surface area contributed by atoms with Crippen molar-refractivity contribution < 1.29 is 29.2 Å². The first kappa shape index (κ1) is 27.9. The molecular weight excluding hydrogens is 498 g/mol. The highest BCUT2D eigenvalue weighted by atomic mass is 16.5. The van der Waals surface area contributed by atoms with E-state index in [9.17, 15) is 15.0 Å². The molecule has 1 amide bonds. The van der Waals surface area contributed by atoms with Crippen LogP contribution in [0.1, 0.15) is 66.7 Å². The first-order valence-corrected chi connectivity index (χ1v) is 15.3. The van der Waals surface area contributed by atoms with Crippen LogP contribution in [-0.2, 0) is 19.0 Å². The van der Waals surface area contributed by atoms with E-state index in [4.69, 9.17) is 19.3 Å². The zero-order valence-electron chi connectivity index (χ0n) is 24.4. The lowest BCUT2D eigenvalue weighted by Gasteiger charge is -2.70.